The first-order valence-electron chi connectivity index (χ1n) is 5.28. The minimum Gasteiger partial charge on any atom is -0.480 e. The molecule has 6 heteroatoms. The van der Waals surface area contributed by atoms with Crippen LogP contribution in [0.25, 0.3) is 0 Å². The number of alkyl halides is 2. The molecule has 0 radical (unpaired) electrons. The fraction of sp³-hybridized carbons (Fsp3) is 0.800. The van der Waals surface area contributed by atoms with Crippen molar-refractivity contribution in [3.8, 4) is 0 Å². The van der Waals surface area contributed by atoms with Crippen LogP contribution >= 0.6 is 0 Å². The van der Waals surface area contributed by atoms with E-state index in [2.05, 4.69) is 0 Å². The van der Waals surface area contributed by atoms with Gasteiger partial charge in [0.15, 0.2) is 0 Å². The number of carbonyl (C=O) groups excluding carboxylic acids is 1. The fourth-order valence-electron chi connectivity index (χ4n) is 1.98. The molecule has 1 saturated heterocycles. The summed E-state index contributed by atoms with van der Waals surface area (Å²) in [7, 11) is 0. The molecule has 1 heterocycles. The maximum Gasteiger partial charge on any atom is 0.319 e. The van der Waals surface area contributed by atoms with Gasteiger partial charge in [0.25, 0.3) is 5.92 Å². The monoisotopic (exact) mass is 233 g/mol. The van der Waals surface area contributed by atoms with Crippen LogP contribution in [-0.4, -0.2) is 40.9 Å². The van der Waals surface area contributed by atoms with Crippen LogP contribution in [0.4, 0.5) is 8.78 Å². The molecule has 90 valence electrons. The summed E-state index contributed by atoms with van der Waals surface area (Å²) in [6.45, 7) is -0.0816. The number of nitrogens with zero attached hydrogens (tertiary/aromatic N) is 1. The van der Waals surface area contributed by atoms with Gasteiger partial charge in [0.1, 0.15) is 5.41 Å². The van der Waals surface area contributed by atoms with Gasteiger partial charge in [-0.2, -0.15) is 0 Å². The largest absolute Gasteiger partial charge is 0.480 e. The summed E-state index contributed by atoms with van der Waals surface area (Å²) in [5.41, 5.74) is -1.30. The highest BCUT2D eigenvalue weighted by atomic mass is 19.3. The average molecular weight is 233 g/mol. The molecule has 1 aliphatic carbocycles. The van der Waals surface area contributed by atoms with Gasteiger partial charge >= 0.3 is 5.97 Å². The summed E-state index contributed by atoms with van der Waals surface area (Å²) in [6.07, 6.45) is -0.0784. The van der Waals surface area contributed by atoms with Gasteiger partial charge in [-0.1, -0.05) is 0 Å². The van der Waals surface area contributed by atoms with E-state index in [4.69, 9.17) is 5.11 Å². The van der Waals surface area contributed by atoms with Crippen LogP contribution < -0.4 is 0 Å². The van der Waals surface area contributed by atoms with E-state index in [0.29, 0.717) is 12.8 Å². The maximum absolute atomic E-state index is 12.9. The third-order valence-corrected chi connectivity index (χ3v) is 3.35. The van der Waals surface area contributed by atoms with Crippen molar-refractivity contribution < 1.29 is 23.5 Å². The number of hydrogen-bond acceptors (Lipinski definition) is 2. The Morgan fingerprint density at radius 2 is 1.56 bits per heavy atom. The summed E-state index contributed by atoms with van der Waals surface area (Å²) in [5.74, 6) is -4.33. The van der Waals surface area contributed by atoms with Gasteiger partial charge in [0.2, 0.25) is 5.91 Å². The topological polar surface area (TPSA) is 57.6 Å². The zero-order valence-corrected chi connectivity index (χ0v) is 8.71. The van der Waals surface area contributed by atoms with Gasteiger partial charge in [-0.15, -0.1) is 0 Å². The molecule has 1 amide bonds. The Balaban J connectivity index is 2.00. The molecule has 1 saturated carbocycles. The third kappa shape index (κ3) is 1.76. The van der Waals surface area contributed by atoms with Crippen LogP contribution in [0.15, 0.2) is 0 Å². The van der Waals surface area contributed by atoms with Gasteiger partial charge in [0.05, 0.1) is 0 Å². The van der Waals surface area contributed by atoms with Crippen LogP contribution in [0.3, 0.4) is 0 Å². The molecule has 16 heavy (non-hydrogen) atoms. The summed E-state index contributed by atoms with van der Waals surface area (Å²) in [4.78, 5) is 24.0. The molecule has 0 atom stereocenters. The van der Waals surface area contributed by atoms with E-state index in [1.165, 1.54) is 4.90 Å². The minimum atomic E-state index is -2.71. The molecule has 0 aromatic rings. The predicted octanol–water partition coefficient (Wildman–Crippen LogP) is 1.11. The molecule has 1 aliphatic heterocycles. The number of carboxylic acids is 1. The quantitative estimate of drug-likeness (QED) is 0.727. The van der Waals surface area contributed by atoms with Crippen LogP contribution in [0, 0.1) is 5.41 Å². The zero-order valence-electron chi connectivity index (χ0n) is 8.71. The van der Waals surface area contributed by atoms with E-state index < -0.39 is 23.2 Å². The second-order valence-electron chi connectivity index (χ2n) is 4.54. The SMILES string of the molecule is O=C(O)C1(C(=O)N2CCC(F)(F)CC2)CC1. The molecular formula is C10H13F2NO3. The van der Waals surface area contributed by atoms with Gasteiger partial charge in [-0.05, 0) is 12.8 Å². The number of rotatable bonds is 2. The maximum atomic E-state index is 12.9. The first-order chi connectivity index (χ1) is 7.37. The fourth-order valence-corrected chi connectivity index (χ4v) is 1.98. The highest BCUT2D eigenvalue weighted by Crippen LogP contribution is 2.48. The lowest BCUT2D eigenvalue weighted by molar-refractivity contribution is -0.156. The van der Waals surface area contributed by atoms with Gasteiger partial charge in [-0.3, -0.25) is 9.59 Å². The van der Waals surface area contributed by atoms with Crippen molar-refractivity contribution in [2.45, 2.75) is 31.6 Å². The smallest absolute Gasteiger partial charge is 0.319 e. The standard InChI is InChI=1S/C10H13F2NO3/c11-10(12)3-5-13(6-4-10)7(14)9(1-2-9)8(15)16/h1-6H2,(H,15,16). The Morgan fingerprint density at radius 1 is 1.06 bits per heavy atom. The molecule has 0 spiro atoms. The Morgan fingerprint density at radius 3 is 1.94 bits per heavy atom. The summed E-state index contributed by atoms with van der Waals surface area (Å²) >= 11 is 0. The molecule has 0 bridgehead atoms. The van der Waals surface area contributed by atoms with Crippen molar-refractivity contribution in [2.24, 2.45) is 5.41 Å². The first kappa shape index (κ1) is 11.3. The molecule has 2 aliphatic rings. The lowest BCUT2D eigenvalue weighted by Gasteiger charge is -2.33. The molecule has 0 aromatic heterocycles. The number of hydrogen-bond donors (Lipinski definition) is 1. The zero-order chi connectivity index (χ0) is 12.0. The molecule has 2 fully saturated rings. The Hall–Kier alpha value is -1.20. The average Bonchev–Trinajstić information content (AvgIpc) is 2.97. The summed E-state index contributed by atoms with van der Waals surface area (Å²) in [5, 5.41) is 8.91. The summed E-state index contributed by atoms with van der Waals surface area (Å²) in [6, 6.07) is 0. The number of halogens is 2. The van der Waals surface area contributed by atoms with Crippen molar-refractivity contribution in [3.05, 3.63) is 0 Å². The highest BCUT2D eigenvalue weighted by molar-refractivity contribution is 6.04. The third-order valence-electron chi connectivity index (χ3n) is 3.35. The molecular weight excluding hydrogens is 220 g/mol. The van der Waals surface area contributed by atoms with Crippen LogP contribution in [0.2, 0.25) is 0 Å². The van der Waals surface area contributed by atoms with Crippen LogP contribution in [0.1, 0.15) is 25.7 Å². The van der Waals surface area contributed by atoms with Crippen LogP contribution in [-0.2, 0) is 9.59 Å². The lowest BCUT2D eigenvalue weighted by atomic mass is 10.0. The number of carbonyl (C=O) groups is 2. The molecule has 0 unspecified atom stereocenters. The van der Waals surface area contributed by atoms with Crippen LogP contribution in [0.5, 0.6) is 0 Å². The van der Waals surface area contributed by atoms with E-state index in [-0.39, 0.29) is 25.9 Å². The van der Waals surface area contributed by atoms with Gasteiger partial charge in [0, 0.05) is 25.9 Å². The molecule has 4 nitrogen and oxygen atoms in total. The van der Waals surface area contributed by atoms with E-state index >= 15 is 0 Å². The number of amides is 1. The number of piperidine rings is 1. The summed E-state index contributed by atoms with van der Waals surface area (Å²) < 4.78 is 25.7. The highest BCUT2D eigenvalue weighted by Gasteiger charge is 2.59. The number of carboxylic acid groups (broad SMARTS) is 1. The van der Waals surface area contributed by atoms with E-state index in [1.807, 2.05) is 0 Å². The number of aliphatic carboxylic acids is 1. The Labute approximate surface area is 91.2 Å². The predicted molar refractivity (Wildman–Crippen MR) is 50.1 cm³/mol. The second kappa shape index (κ2) is 3.40. The lowest BCUT2D eigenvalue weighted by Crippen LogP contribution is -2.47. The minimum absolute atomic E-state index is 0.0408. The Bertz CT molecular complexity index is 329. The van der Waals surface area contributed by atoms with E-state index in [9.17, 15) is 18.4 Å². The van der Waals surface area contributed by atoms with Gasteiger partial charge < -0.3 is 10.0 Å². The Kier molecular flexibility index (Phi) is 2.40. The normalized spacial score (nSPS) is 26.2. The first-order valence-corrected chi connectivity index (χ1v) is 5.28. The molecule has 1 N–H and O–H groups in total. The van der Waals surface area contributed by atoms with E-state index in [0.717, 1.165) is 0 Å². The van der Waals surface area contributed by atoms with Crippen molar-refractivity contribution in [3.63, 3.8) is 0 Å². The van der Waals surface area contributed by atoms with Crippen molar-refractivity contribution >= 4 is 11.9 Å². The number of likely N-dealkylation sites (tertiary alicyclic amines) is 1. The van der Waals surface area contributed by atoms with Crippen molar-refractivity contribution in [2.75, 3.05) is 13.1 Å². The van der Waals surface area contributed by atoms with Gasteiger partial charge in [-0.25, -0.2) is 8.78 Å². The van der Waals surface area contributed by atoms with E-state index in [1.54, 1.807) is 0 Å². The molecule has 0 aromatic carbocycles. The second-order valence-corrected chi connectivity index (χ2v) is 4.54. The molecule has 2 rings (SSSR count). The van der Waals surface area contributed by atoms with Crippen molar-refractivity contribution in [1.29, 1.82) is 0 Å². The van der Waals surface area contributed by atoms with Crippen molar-refractivity contribution in [1.82, 2.24) is 4.90 Å².